The Morgan fingerprint density at radius 3 is 2.81 bits per heavy atom. The van der Waals surface area contributed by atoms with E-state index in [9.17, 15) is 9.59 Å². The third-order valence-corrected chi connectivity index (χ3v) is 2.92. The maximum atomic E-state index is 11.9. The zero-order valence-corrected chi connectivity index (χ0v) is 11.7. The fourth-order valence-electron chi connectivity index (χ4n) is 1.67. The van der Waals surface area contributed by atoms with E-state index in [2.05, 4.69) is 15.3 Å². The number of carbonyl (C=O) groups excluding carboxylic acids is 1. The molecule has 1 aromatic heterocycles. The number of benzene rings is 1. The summed E-state index contributed by atoms with van der Waals surface area (Å²) in [5.41, 5.74) is -0.305. The van der Waals surface area contributed by atoms with Gasteiger partial charge in [-0.1, -0.05) is 25.1 Å². The molecule has 110 valence electrons. The number of nitrogens with one attached hydrogen (secondary N) is 2. The zero-order chi connectivity index (χ0) is 15.1. The van der Waals surface area contributed by atoms with Gasteiger partial charge >= 0.3 is 0 Å². The van der Waals surface area contributed by atoms with Crippen LogP contribution in [0.5, 0.6) is 5.75 Å². The van der Waals surface area contributed by atoms with Crippen molar-refractivity contribution in [2.24, 2.45) is 5.92 Å². The molecule has 2 rings (SSSR count). The van der Waals surface area contributed by atoms with E-state index in [-0.39, 0.29) is 23.3 Å². The highest BCUT2D eigenvalue weighted by Gasteiger charge is 2.14. The van der Waals surface area contributed by atoms with Crippen molar-refractivity contribution in [2.75, 3.05) is 11.9 Å². The van der Waals surface area contributed by atoms with E-state index in [0.29, 0.717) is 13.0 Å². The van der Waals surface area contributed by atoms with Crippen molar-refractivity contribution in [3.8, 4) is 5.75 Å². The molecule has 1 heterocycles. The Labute approximate surface area is 122 Å². The van der Waals surface area contributed by atoms with E-state index in [1.54, 1.807) is 6.92 Å². The largest absolute Gasteiger partial charge is 0.494 e. The zero-order valence-electron chi connectivity index (χ0n) is 11.7. The van der Waals surface area contributed by atoms with E-state index in [1.807, 2.05) is 30.3 Å². The molecular formula is C15H17N3O3. The highest BCUT2D eigenvalue weighted by molar-refractivity contribution is 5.90. The summed E-state index contributed by atoms with van der Waals surface area (Å²) in [7, 11) is 0. The summed E-state index contributed by atoms with van der Waals surface area (Å²) < 4.78 is 5.54. The third-order valence-electron chi connectivity index (χ3n) is 2.92. The summed E-state index contributed by atoms with van der Waals surface area (Å²) >= 11 is 0. The van der Waals surface area contributed by atoms with Gasteiger partial charge in [-0.15, -0.1) is 0 Å². The van der Waals surface area contributed by atoms with Crippen molar-refractivity contribution in [1.82, 2.24) is 9.97 Å². The fourth-order valence-corrected chi connectivity index (χ4v) is 1.67. The molecule has 1 atom stereocenters. The van der Waals surface area contributed by atoms with Gasteiger partial charge in [0.15, 0.2) is 0 Å². The van der Waals surface area contributed by atoms with Gasteiger partial charge in [-0.2, -0.15) is 0 Å². The lowest BCUT2D eigenvalue weighted by Crippen LogP contribution is -2.24. The van der Waals surface area contributed by atoms with E-state index < -0.39 is 0 Å². The van der Waals surface area contributed by atoms with Gasteiger partial charge in [0.25, 0.3) is 5.56 Å². The smallest absolute Gasteiger partial charge is 0.252 e. The number of hydrogen-bond donors (Lipinski definition) is 2. The van der Waals surface area contributed by atoms with Crippen LogP contribution in [0.25, 0.3) is 0 Å². The Balaban J connectivity index is 1.79. The van der Waals surface area contributed by atoms with Crippen molar-refractivity contribution in [1.29, 1.82) is 0 Å². The number of amides is 1. The number of hydrogen-bond acceptors (Lipinski definition) is 4. The minimum atomic E-state index is -0.305. The normalized spacial score (nSPS) is 11.7. The van der Waals surface area contributed by atoms with E-state index in [1.165, 1.54) is 12.3 Å². The number of carbonyl (C=O) groups is 1. The molecule has 21 heavy (non-hydrogen) atoms. The Kier molecular flexibility index (Phi) is 5.09. The molecule has 0 aliphatic heterocycles. The topological polar surface area (TPSA) is 84.1 Å². The van der Waals surface area contributed by atoms with Gasteiger partial charge in [0.2, 0.25) is 11.9 Å². The first-order chi connectivity index (χ1) is 10.1. The van der Waals surface area contributed by atoms with Gasteiger partial charge in [-0.25, -0.2) is 4.98 Å². The highest BCUT2D eigenvalue weighted by atomic mass is 16.5. The maximum Gasteiger partial charge on any atom is 0.252 e. The monoisotopic (exact) mass is 287 g/mol. The standard InChI is InChI=1S/C15H17N3O3/c1-11(8-10-21-12-5-3-2-4-6-12)14(20)18-15-16-9-7-13(19)17-15/h2-7,9,11H,8,10H2,1H3,(H2,16,17,18,19,20). The van der Waals surface area contributed by atoms with Crippen LogP contribution in [0.1, 0.15) is 13.3 Å². The molecule has 1 amide bonds. The molecule has 0 saturated heterocycles. The third kappa shape index (κ3) is 4.76. The minimum Gasteiger partial charge on any atom is -0.494 e. The maximum absolute atomic E-state index is 11.9. The second kappa shape index (κ2) is 7.23. The summed E-state index contributed by atoms with van der Waals surface area (Å²) in [6.07, 6.45) is 1.91. The van der Waals surface area contributed by atoms with Crippen molar-refractivity contribution < 1.29 is 9.53 Å². The van der Waals surface area contributed by atoms with E-state index in [4.69, 9.17) is 4.74 Å². The van der Waals surface area contributed by atoms with Crippen molar-refractivity contribution >= 4 is 11.9 Å². The first kappa shape index (κ1) is 14.8. The minimum absolute atomic E-state index is 0.156. The molecule has 6 nitrogen and oxygen atoms in total. The lowest BCUT2D eigenvalue weighted by atomic mass is 10.1. The van der Waals surface area contributed by atoms with E-state index >= 15 is 0 Å². The van der Waals surface area contributed by atoms with Gasteiger partial charge in [0, 0.05) is 18.2 Å². The van der Waals surface area contributed by atoms with Crippen LogP contribution in [0.2, 0.25) is 0 Å². The van der Waals surface area contributed by atoms with Crippen molar-refractivity contribution in [3.05, 3.63) is 52.9 Å². The molecule has 1 unspecified atom stereocenters. The molecular weight excluding hydrogens is 270 g/mol. The average molecular weight is 287 g/mol. The Hall–Kier alpha value is -2.63. The van der Waals surface area contributed by atoms with Gasteiger partial charge in [0.05, 0.1) is 6.61 Å². The molecule has 2 aromatic rings. The summed E-state index contributed by atoms with van der Waals surface area (Å²) in [6.45, 7) is 2.24. The second-order valence-electron chi connectivity index (χ2n) is 4.62. The van der Waals surface area contributed by atoms with Crippen LogP contribution in [0, 0.1) is 5.92 Å². The van der Waals surface area contributed by atoms with Crippen LogP contribution in [0.4, 0.5) is 5.95 Å². The number of nitrogens with zero attached hydrogens (tertiary/aromatic N) is 1. The second-order valence-corrected chi connectivity index (χ2v) is 4.62. The summed E-state index contributed by atoms with van der Waals surface area (Å²) in [5, 5.41) is 2.57. The van der Waals surface area contributed by atoms with Crippen LogP contribution in [0.3, 0.4) is 0 Å². The molecule has 6 heteroatoms. The van der Waals surface area contributed by atoms with Crippen LogP contribution >= 0.6 is 0 Å². The molecule has 0 bridgehead atoms. The van der Waals surface area contributed by atoms with E-state index in [0.717, 1.165) is 5.75 Å². The van der Waals surface area contributed by atoms with Crippen LogP contribution in [-0.4, -0.2) is 22.5 Å². The highest BCUT2D eigenvalue weighted by Crippen LogP contribution is 2.11. The van der Waals surface area contributed by atoms with Gasteiger partial charge < -0.3 is 4.74 Å². The van der Waals surface area contributed by atoms with Crippen molar-refractivity contribution in [2.45, 2.75) is 13.3 Å². The molecule has 0 aliphatic rings. The summed E-state index contributed by atoms with van der Waals surface area (Å²) in [4.78, 5) is 29.4. The number of para-hydroxylation sites is 1. The number of aromatic amines is 1. The predicted octanol–water partition coefficient (Wildman–Crippen LogP) is 1.81. The molecule has 0 aliphatic carbocycles. The lowest BCUT2D eigenvalue weighted by Gasteiger charge is -2.12. The van der Waals surface area contributed by atoms with Gasteiger partial charge in [-0.05, 0) is 18.6 Å². The fraction of sp³-hybridized carbons (Fsp3) is 0.267. The molecule has 0 spiro atoms. The molecule has 0 fully saturated rings. The number of anilines is 1. The van der Waals surface area contributed by atoms with Gasteiger partial charge in [0.1, 0.15) is 5.75 Å². The first-order valence-corrected chi connectivity index (χ1v) is 6.69. The Bertz CT molecular complexity index is 640. The molecule has 0 saturated carbocycles. The summed E-state index contributed by atoms with van der Waals surface area (Å²) in [6, 6.07) is 10.7. The Morgan fingerprint density at radius 1 is 1.33 bits per heavy atom. The quantitative estimate of drug-likeness (QED) is 0.848. The number of aromatic nitrogens is 2. The molecule has 1 aromatic carbocycles. The first-order valence-electron chi connectivity index (χ1n) is 6.69. The molecule has 2 N–H and O–H groups in total. The van der Waals surface area contributed by atoms with Crippen molar-refractivity contribution in [3.63, 3.8) is 0 Å². The van der Waals surface area contributed by atoms with Crippen LogP contribution in [0.15, 0.2) is 47.4 Å². The SMILES string of the molecule is CC(CCOc1ccccc1)C(=O)Nc1nccc(=O)[nH]1. The lowest BCUT2D eigenvalue weighted by molar-refractivity contribution is -0.119. The number of H-pyrrole nitrogens is 1. The Morgan fingerprint density at radius 2 is 2.10 bits per heavy atom. The van der Waals surface area contributed by atoms with Crippen LogP contribution in [-0.2, 0) is 4.79 Å². The van der Waals surface area contributed by atoms with Gasteiger partial charge in [-0.3, -0.25) is 19.9 Å². The number of rotatable bonds is 6. The van der Waals surface area contributed by atoms with Crippen LogP contribution < -0.4 is 15.6 Å². The number of ether oxygens (including phenoxy) is 1. The summed E-state index contributed by atoms with van der Waals surface area (Å²) in [5.74, 6) is 0.475. The predicted molar refractivity (Wildman–Crippen MR) is 79.2 cm³/mol. The average Bonchev–Trinajstić information content (AvgIpc) is 2.48. The molecule has 0 radical (unpaired) electrons.